The van der Waals surface area contributed by atoms with Crippen LogP contribution in [0.25, 0.3) is 0 Å². The number of H-pyrrole nitrogens is 1. The molecule has 0 spiro atoms. The van der Waals surface area contributed by atoms with Crippen LogP contribution in [0.3, 0.4) is 0 Å². The third-order valence-electron chi connectivity index (χ3n) is 3.21. The second-order valence-electron chi connectivity index (χ2n) is 4.85. The third kappa shape index (κ3) is 2.96. The van der Waals surface area contributed by atoms with Gasteiger partial charge in [0.1, 0.15) is 11.6 Å². The molecule has 3 rings (SSSR count). The molecule has 0 aliphatic heterocycles. The van der Waals surface area contributed by atoms with Crippen LogP contribution in [0.15, 0.2) is 29.2 Å². The summed E-state index contributed by atoms with van der Waals surface area (Å²) in [5, 5.41) is 3.16. The lowest BCUT2D eigenvalue weighted by molar-refractivity contribution is 0.397. The largest absolute Gasteiger partial charge is 0.481 e. The Kier molecular flexibility index (Phi) is 3.37. The number of methoxy groups -OCH3 is 1. The zero-order valence-electron chi connectivity index (χ0n) is 11.2. The van der Waals surface area contributed by atoms with Crippen LogP contribution in [0.1, 0.15) is 30.1 Å². The summed E-state index contributed by atoms with van der Waals surface area (Å²) in [7, 11) is 1.58. The van der Waals surface area contributed by atoms with E-state index in [4.69, 9.17) is 4.74 Å². The first-order chi connectivity index (χ1) is 9.74. The first-order valence-corrected chi connectivity index (χ1v) is 6.58. The number of hydrogen-bond acceptors (Lipinski definition) is 5. The Hall–Kier alpha value is -2.37. The van der Waals surface area contributed by atoms with Crippen molar-refractivity contribution in [3.8, 4) is 5.88 Å². The molecule has 0 radical (unpaired) electrons. The summed E-state index contributed by atoms with van der Waals surface area (Å²) < 4.78 is 5.08. The Bertz CT molecular complexity index is 664. The smallest absolute Gasteiger partial charge is 0.252 e. The van der Waals surface area contributed by atoms with Crippen molar-refractivity contribution in [1.82, 2.24) is 15.0 Å². The lowest BCUT2D eigenvalue weighted by Crippen LogP contribution is -2.13. The maximum absolute atomic E-state index is 11.6. The minimum Gasteiger partial charge on any atom is -0.481 e. The lowest BCUT2D eigenvalue weighted by atomic mass is 10.2. The van der Waals surface area contributed by atoms with Crippen LogP contribution in [-0.4, -0.2) is 22.1 Å². The second-order valence-corrected chi connectivity index (χ2v) is 4.85. The van der Waals surface area contributed by atoms with Crippen LogP contribution in [0.5, 0.6) is 5.88 Å². The van der Waals surface area contributed by atoms with Crippen molar-refractivity contribution in [2.45, 2.75) is 25.3 Å². The molecule has 20 heavy (non-hydrogen) atoms. The zero-order chi connectivity index (χ0) is 13.9. The molecule has 1 aliphatic rings. The maximum atomic E-state index is 11.6. The number of nitrogens with one attached hydrogen (secondary N) is 2. The fraction of sp³-hybridized carbons (Fsp3) is 0.357. The fourth-order valence-electron chi connectivity index (χ4n) is 1.98. The van der Waals surface area contributed by atoms with Gasteiger partial charge in [0.2, 0.25) is 5.88 Å². The number of rotatable bonds is 5. The average Bonchev–Trinajstić information content (AvgIpc) is 3.29. The van der Waals surface area contributed by atoms with E-state index in [1.165, 1.54) is 6.07 Å². The van der Waals surface area contributed by atoms with Crippen molar-refractivity contribution in [2.24, 2.45) is 0 Å². The highest BCUT2D eigenvalue weighted by molar-refractivity contribution is 5.35. The monoisotopic (exact) mass is 272 g/mol. The molecule has 2 N–H and O–H groups in total. The third-order valence-corrected chi connectivity index (χ3v) is 3.21. The Morgan fingerprint density at radius 3 is 3.05 bits per heavy atom. The van der Waals surface area contributed by atoms with Gasteiger partial charge in [0, 0.05) is 30.8 Å². The van der Waals surface area contributed by atoms with Crippen molar-refractivity contribution in [3.63, 3.8) is 0 Å². The second kappa shape index (κ2) is 5.32. The molecular formula is C14H16N4O2. The van der Waals surface area contributed by atoms with Crippen LogP contribution in [0.2, 0.25) is 0 Å². The summed E-state index contributed by atoms with van der Waals surface area (Å²) in [6.45, 7) is 0.569. The molecule has 2 aromatic rings. The fourth-order valence-corrected chi connectivity index (χ4v) is 1.98. The molecular weight excluding hydrogens is 256 g/mol. The van der Waals surface area contributed by atoms with Gasteiger partial charge in [-0.2, -0.15) is 0 Å². The van der Waals surface area contributed by atoms with Crippen LogP contribution in [-0.2, 0) is 6.54 Å². The Labute approximate surface area is 116 Å². The van der Waals surface area contributed by atoms with E-state index in [1.807, 2.05) is 12.1 Å². The standard InChI is InChI=1S/C14H16N4O2/c1-20-13-6-9(4-5-15-13)8-16-11-7-12(19)18-14(17-11)10-2-3-10/h4-7,10H,2-3,8H2,1H3,(H2,16,17,18,19). The van der Waals surface area contributed by atoms with Gasteiger partial charge in [-0.15, -0.1) is 0 Å². The Morgan fingerprint density at radius 2 is 2.30 bits per heavy atom. The van der Waals surface area contributed by atoms with Gasteiger partial charge in [0.25, 0.3) is 5.56 Å². The maximum Gasteiger partial charge on any atom is 0.252 e. The summed E-state index contributed by atoms with van der Waals surface area (Å²) in [5.74, 6) is 2.38. The van der Waals surface area contributed by atoms with E-state index in [1.54, 1.807) is 13.3 Å². The van der Waals surface area contributed by atoms with Crippen LogP contribution in [0, 0.1) is 0 Å². The number of aromatic amines is 1. The Morgan fingerprint density at radius 1 is 1.45 bits per heavy atom. The molecule has 0 saturated heterocycles. The molecule has 1 aliphatic carbocycles. The first kappa shape index (κ1) is 12.7. The predicted molar refractivity (Wildman–Crippen MR) is 74.9 cm³/mol. The van der Waals surface area contributed by atoms with Gasteiger partial charge in [0.05, 0.1) is 7.11 Å². The molecule has 0 aromatic carbocycles. The van der Waals surface area contributed by atoms with E-state index >= 15 is 0 Å². The van der Waals surface area contributed by atoms with Crippen molar-refractivity contribution in [3.05, 3.63) is 46.1 Å². The van der Waals surface area contributed by atoms with Gasteiger partial charge >= 0.3 is 0 Å². The number of ether oxygens (including phenoxy) is 1. The summed E-state index contributed by atoms with van der Waals surface area (Å²) >= 11 is 0. The normalized spacial score (nSPS) is 14.1. The number of pyridine rings is 1. The Balaban J connectivity index is 1.72. The molecule has 6 heteroatoms. The highest BCUT2D eigenvalue weighted by atomic mass is 16.5. The number of aromatic nitrogens is 3. The number of nitrogens with zero attached hydrogens (tertiary/aromatic N) is 2. The summed E-state index contributed by atoms with van der Waals surface area (Å²) in [5.41, 5.74) is 0.906. The molecule has 1 fully saturated rings. The lowest BCUT2D eigenvalue weighted by Gasteiger charge is -2.07. The minimum atomic E-state index is -0.114. The predicted octanol–water partition coefficient (Wildman–Crippen LogP) is 1.66. The zero-order valence-corrected chi connectivity index (χ0v) is 11.2. The minimum absolute atomic E-state index is 0.114. The summed E-state index contributed by atoms with van der Waals surface area (Å²) in [6.07, 6.45) is 3.90. The molecule has 2 aromatic heterocycles. The molecule has 0 unspecified atom stereocenters. The van der Waals surface area contributed by atoms with Crippen LogP contribution < -0.4 is 15.6 Å². The first-order valence-electron chi connectivity index (χ1n) is 6.58. The van der Waals surface area contributed by atoms with Crippen LogP contribution >= 0.6 is 0 Å². The van der Waals surface area contributed by atoms with E-state index in [0.717, 1.165) is 24.2 Å². The number of hydrogen-bond donors (Lipinski definition) is 2. The highest BCUT2D eigenvalue weighted by Gasteiger charge is 2.26. The molecule has 1 saturated carbocycles. The SMILES string of the molecule is COc1cc(CNc2cc(=O)[nH]c(C3CC3)n2)ccn1. The van der Waals surface area contributed by atoms with E-state index in [-0.39, 0.29) is 5.56 Å². The van der Waals surface area contributed by atoms with E-state index in [9.17, 15) is 4.79 Å². The molecule has 2 heterocycles. The van der Waals surface area contributed by atoms with Gasteiger partial charge in [-0.05, 0) is 24.5 Å². The summed E-state index contributed by atoms with van der Waals surface area (Å²) in [4.78, 5) is 22.9. The van der Waals surface area contributed by atoms with Crippen molar-refractivity contribution < 1.29 is 4.74 Å². The van der Waals surface area contributed by atoms with Gasteiger partial charge in [0.15, 0.2) is 0 Å². The van der Waals surface area contributed by atoms with Gasteiger partial charge in [-0.3, -0.25) is 4.79 Å². The van der Waals surface area contributed by atoms with Crippen molar-refractivity contribution in [1.29, 1.82) is 0 Å². The average molecular weight is 272 g/mol. The van der Waals surface area contributed by atoms with Gasteiger partial charge in [-0.1, -0.05) is 0 Å². The van der Waals surface area contributed by atoms with Gasteiger partial charge < -0.3 is 15.0 Å². The molecule has 0 atom stereocenters. The molecule has 0 amide bonds. The molecule has 6 nitrogen and oxygen atoms in total. The topological polar surface area (TPSA) is 79.9 Å². The van der Waals surface area contributed by atoms with Crippen molar-refractivity contribution in [2.75, 3.05) is 12.4 Å². The quantitative estimate of drug-likeness (QED) is 0.865. The number of anilines is 1. The van der Waals surface area contributed by atoms with Crippen LogP contribution in [0.4, 0.5) is 5.82 Å². The van der Waals surface area contributed by atoms with Crippen molar-refractivity contribution >= 4 is 5.82 Å². The highest BCUT2D eigenvalue weighted by Crippen LogP contribution is 2.37. The van der Waals surface area contributed by atoms with E-state index in [2.05, 4.69) is 20.3 Å². The molecule has 104 valence electrons. The van der Waals surface area contributed by atoms with E-state index < -0.39 is 0 Å². The van der Waals surface area contributed by atoms with Gasteiger partial charge in [-0.25, -0.2) is 9.97 Å². The van der Waals surface area contributed by atoms with E-state index in [0.29, 0.717) is 24.2 Å². The summed E-state index contributed by atoms with van der Waals surface area (Å²) in [6, 6.07) is 5.22. The molecule has 0 bridgehead atoms.